The smallest absolute Gasteiger partial charge is 0.326 e. The van der Waals surface area contributed by atoms with Gasteiger partial charge in [-0.2, -0.15) is 0 Å². The molecule has 8 unspecified atom stereocenters. The number of benzene rings is 4. The Balaban J connectivity index is 0.888. The highest BCUT2D eigenvalue weighted by molar-refractivity contribution is 5.93. The fourth-order valence-corrected chi connectivity index (χ4v) is 11.0. The van der Waals surface area contributed by atoms with Crippen LogP contribution in [0.3, 0.4) is 0 Å². The lowest BCUT2D eigenvalue weighted by molar-refractivity contribution is -0.149. The highest BCUT2D eigenvalue weighted by Crippen LogP contribution is 2.25. The van der Waals surface area contributed by atoms with Crippen molar-refractivity contribution in [1.29, 1.82) is 0 Å². The average molecular weight is 1040 g/mol. The molecule has 0 aromatic heterocycles. The Hall–Kier alpha value is -7.44. The van der Waals surface area contributed by atoms with Crippen LogP contribution in [0.5, 0.6) is 0 Å². The van der Waals surface area contributed by atoms with Gasteiger partial charge < -0.3 is 51.9 Å². The molecule has 76 heavy (non-hydrogen) atoms. The molecular weight excluding hydrogens is 969 g/mol. The van der Waals surface area contributed by atoms with E-state index in [1.54, 1.807) is 4.90 Å². The van der Waals surface area contributed by atoms with Crippen LogP contribution in [0.2, 0.25) is 0 Å². The predicted octanol–water partition coefficient (Wildman–Crippen LogP) is 3.30. The number of rotatable bonds is 23. The molecule has 4 saturated heterocycles. The van der Waals surface area contributed by atoms with E-state index in [1.807, 2.05) is 109 Å². The third-order valence-corrected chi connectivity index (χ3v) is 15.0. The maximum absolute atomic E-state index is 13.9. The predicted molar refractivity (Wildman–Crippen MR) is 283 cm³/mol. The van der Waals surface area contributed by atoms with Gasteiger partial charge in [-0.1, -0.05) is 109 Å². The summed E-state index contributed by atoms with van der Waals surface area (Å²) in [5.74, 6) is -4.37. The number of nitrogens with one attached hydrogen (secondary N) is 6. The number of aliphatic carboxylic acids is 2. The van der Waals surface area contributed by atoms with Crippen molar-refractivity contribution in [1.82, 2.24) is 41.7 Å². The van der Waals surface area contributed by atoms with Gasteiger partial charge in [0.2, 0.25) is 35.4 Å². The summed E-state index contributed by atoms with van der Waals surface area (Å²) in [5.41, 5.74) is 4.92. The van der Waals surface area contributed by atoms with Gasteiger partial charge in [0.25, 0.3) is 0 Å². The summed E-state index contributed by atoms with van der Waals surface area (Å²) in [4.78, 5) is 110. The molecule has 4 aliphatic rings. The molecule has 0 saturated carbocycles. The zero-order valence-electron chi connectivity index (χ0n) is 42.8. The average Bonchev–Trinajstić information content (AvgIpc) is 4.28. The molecule has 18 heteroatoms. The number of carboxylic acids is 2. The molecule has 4 aliphatic heterocycles. The minimum Gasteiger partial charge on any atom is -0.480 e. The van der Waals surface area contributed by atoms with E-state index in [2.05, 4.69) is 31.9 Å². The van der Waals surface area contributed by atoms with Crippen LogP contribution in [0.15, 0.2) is 109 Å². The Morgan fingerprint density at radius 1 is 0.487 bits per heavy atom. The Morgan fingerprint density at radius 2 is 0.947 bits per heavy atom. The Kier molecular flexibility index (Phi) is 19.0. The number of likely N-dealkylation sites (tertiary alicyclic amines) is 2. The van der Waals surface area contributed by atoms with Gasteiger partial charge in [-0.15, -0.1) is 0 Å². The molecule has 8 rings (SSSR count). The molecular formula is C58H70N8O10. The Morgan fingerprint density at radius 3 is 1.47 bits per heavy atom. The van der Waals surface area contributed by atoms with Crippen molar-refractivity contribution in [2.75, 3.05) is 26.2 Å². The van der Waals surface area contributed by atoms with Gasteiger partial charge >= 0.3 is 11.9 Å². The number of amides is 6. The topological polar surface area (TPSA) is 256 Å². The minimum atomic E-state index is -1.25. The number of carboxylic acid groups (broad SMARTS) is 2. The zero-order chi connectivity index (χ0) is 53.6. The fraction of sp³-hybridized carbons (Fsp3) is 0.448. The van der Waals surface area contributed by atoms with Crippen LogP contribution in [0.25, 0.3) is 11.1 Å². The van der Waals surface area contributed by atoms with Gasteiger partial charge in [-0.25, -0.2) is 9.59 Å². The summed E-state index contributed by atoms with van der Waals surface area (Å²) in [6, 6.07) is 27.8. The largest absolute Gasteiger partial charge is 0.480 e. The molecule has 4 aromatic rings. The second-order valence-corrected chi connectivity index (χ2v) is 20.6. The Labute approximate surface area is 443 Å². The van der Waals surface area contributed by atoms with Gasteiger partial charge in [0.1, 0.15) is 24.2 Å². The van der Waals surface area contributed by atoms with Crippen LogP contribution in [-0.4, -0.2) is 142 Å². The van der Waals surface area contributed by atoms with Gasteiger partial charge in [-0.3, -0.25) is 28.8 Å². The van der Waals surface area contributed by atoms with E-state index in [-0.39, 0.29) is 56.0 Å². The summed E-state index contributed by atoms with van der Waals surface area (Å²) in [6.07, 6.45) is 5.73. The normalized spacial score (nSPS) is 20.7. The van der Waals surface area contributed by atoms with E-state index in [0.29, 0.717) is 63.6 Å². The zero-order valence-corrected chi connectivity index (χ0v) is 42.8. The number of hydrogen-bond acceptors (Lipinski definition) is 10. The van der Waals surface area contributed by atoms with Crippen molar-refractivity contribution >= 4 is 47.4 Å². The molecule has 4 fully saturated rings. The van der Waals surface area contributed by atoms with Gasteiger partial charge in [-0.05, 0) is 111 Å². The van der Waals surface area contributed by atoms with Gasteiger partial charge in [0, 0.05) is 50.9 Å². The van der Waals surface area contributed by atoms with Crippen molar-refractivity contribution in [2.45, 2.75) is 138 Å². The number of hydrogen-bond donors (Lipinski definition) is 8. The second-order valence-electron chi connectivity index (χ2n) is 20.6. The SMILES string of the molecule is O=C(CC(Cc1ccccc1)NC(=O)C1CCCN1C(=O)C1CCCN1)NC(Cc1ccc(-c2ccc(CC(CC(=O)NC(Cc3ccccc3)C(=O)N3CCCC3C(=O)O)NC(=O)C3CCCN3)cc2)cc1)C(=O)O. The monoisotopic (exact) mass is 1040 g/mol. The number of carbonyl (C=O) groups is 8. The van der Waals surface area contributed by atoms with E-state index in [1.165, 1.54) is 4.90 Å². The maximum Gasteiger partial charge on any atom is 0.326 e. The molecule has 0 aliphatic carbocycles. The molecule has 4 aromatic carbocycles. The van der Waals surface area contributed by atoms with E-state index in [4.69, 9.17) is 0 Å². The number of carbonyl (C=O) groups excluding carboxylic acids is 6. The highest BCUT2D eigenvalue weighted by atomic mass is 16.4. The van der Waals surface area contributed by atoms with Crippen LogP contribution in [-0.2, 0) is 64.0 Å². The van der Waals surface area contributed by atoms with Gasteiger partial charge in [0.05, 0.1) is 12.1 Å². The molecule has 8 N–H and O–H groups in total. The van der Waals surface area contributed by atoms with Crippen molar-refractivity contribution in [3.05, 3.63) is 131 Å². The third kappa shape index (κ3) is 14.9. The highest BCUT2D eigenvalue weighted by Gasteiger charge is 2.40. The van der Waals surface area contributed by atoms with Crippen LogP contribution in [0, 0.1) is 0 Å². The Bertz CT molecular complexity index is 2660. The first-order chi connectivity index (χ1) is 36.8. The summed E-state index contributed by atoms with van der Waals surface area (Å²) in [5, 5.41) is 38.2. The fourth-order valence-electron chi connectivity index (χ4n) is 11.0. The summed E-state index contributed by atoms with van der Waals surface area (Å²) in [6.45, 7) is 2.24. The second kappa shape index (κ2) is 26.4. The van der Waals surface area contributed by atoms with E-state index in [0.717, 1.165) is 53.6 Å². The van der Waals surface area contributed by atoms with Crippen LogP contribution in [0.1, 0.15) is 86.5 Å². The molecule has 402 valence electrons. The number of nitrogens with zero attached hydrogens (tertiary/aromatic N) is 2. The van der Waals surface area contributed by atoms with Gasteiger partial charge in [0.15, 0.2) is 0 Å². The quantitative estimate of drug-likeness (QED) is 0.0533. The third-order valence-electron chi connectivity index (χ3n) is 15.0. The van der Waals surface area contributed by atoms with Crippen molar-refractivity contribution in [3.8, 4) is 11.1 Å². The summed E-state index contributed by atoms with van der Waals surface area (Å²) < 4.78 is 0. The van der Waals surface area contributed by atoms with E-state index < -0.39 is 72.0 Å². The van der Waals surface area contributed by atoms with Crippen LogP contribution >= 0.6 is 0 Å². The lowest BCUT2D eigenvalue weighted by atomic mass is 9.97. The van der Waals surface area contributed by atoms with Crippen molar-refractivity contribution in [2.24, 2.45) is 0 Å². The first-order valence-electron chi connectivity index (χ1n) is 26.8. The molecule has 0 spiro atoms. The summed E-state index contributed by atoms with van der Waals surface area (Å²) >= 11 is 0. The lowest BCUT2D eigenvalue weighted by Gasteiger charge is -2.28. The van der Waals surface area contributed by atoms with Crippen LogP contribution in [0.4, 0.5) is 0 Å². The van der Waals surface area contributed by atoms with E-state index in [9.17, 15) is 48.6 Å². The molecule has 4 heterocycles. The molecule has 8 atom stereocenters. The lowest BCUT2D eigenvalue weighted by Crippen LogP contribution is -2.54. The molecule has 18 nitrogen and oxygen atoms in total. The first-order valence-corrected chi connectivity index (χ1v) is 26.8. The molecule has 0 radical (unpaired) electrons. The van der Waals surface area contributed by atoms with Crippen molar-refractivity contribution < 1.29 is 48.6 Å². The van der Waals surface area contributed by atoms with E-state index >= 15 is 0 Å². The first kappa shape index (κ1) is 54.8. The maximum atomic E-state index is 13.9. The standard InChI is InChI=1S/C58H70N8O10/c67-51(63-47(33-38-13-5-2-6-14-38)56(72)66-30-10-18-50(66)58(75)76)35-43(61-53(69)45-15-7-27-59-45)32-39-19-23-41(24-20-39)42-25-21-40(22-26-42)34-48(57(73)74)64-52(68)36-44(31-37-11-3-1-4-12-37)62-54(70)49-17-9-29-65(49)55(71)46-16-8-28-60-46/h1-6,11-14,19-26,43-50,59-60H,7-10,15-18,27-36H2,(H,61,69)(H,62,70)(H,63,67)(H,64,68)(H,73,74)(H,75,76). The molecule has 0 bridgehead atoms. The molecule has 6 amide bonds. The minimum absolute atomic E-state index is 0.00366. The summed E-state index contributed by atoms with van der Waals surface area (Å²) in [7, 11) is 0. The van der Waals surface area contributed by atoms with Crippen molar-refractivity contribution in [3.63, 3.8) is 0 Å². The van der Waals surface area contributed by atoms with Crippen LogP contribution < -0.4 is 31.9 Å².